The van der Waals surface area contributed by atoms with Gasteiger partial charge in [0.1, 0.15) is 12.6 Å². The minimum Gasteiger partial charge on any atom is -0.330 e. The van der Waals surface area contributed by atoms with Crippen LogP contribution in [-0.2, 0) is 13.9 Å². The summed E-state index contributed by atoms with van der Waals surface area (Å²) in [5.74, 6) is -0.785. The molecule has 20 heavy (non-hydrogen) atoms. The van der Waals surface area contributed by atoms with E-state index in [1.165, 1.54) is 7.05 Å². The molecule has 1 atom stereocenters. The Kier molecular flexibility index (Phi) is 8.08. The maximum absolute atomic E-state index is 12.1. The highest BCUT2D eigenvalue weighted by Gasteiger charge is 2.32. The number of rotatable bonds is 9. The molecule has 0 saturated heterocycles. The summed E-state index contributed by atoms with van der Waals surface area (Å²) in [7, 11) is -7.79. The molecule has 0 bridgehead atoms. The summed E-state index contributed by atoms with van der Waals surface area (Å²) < 4.78 is 21.9. The fourth-order valence-electron chi connectivity index (χ4n) is 1.56. The van der Waals surface area contributed by atoms with Crippen LogP contribution in [0.2, 0.25) is 0 Å². The molecule has 0 aromatic heterocycles. The van der Waals surface area contributed by atoms with Crippen molar-refractivity contribution < 1.29 is 33.5 Å². The molecule has 0 saturated carbocycles. The molecule has 7 N–H and O–H groups in total. The lowest BCUT2D eigenvalue weighted by Crippen LogP contribution is -2.46. The van der Waals surface area contributed by atoms with Crippen LogP contribution in [-0.4, -0.2) is 62.6 Å². The van der Waals surface area contributed by atoms with Crippen LogP contribution in [0.1, 0.15) is 12.8 Å². The minimum absolute atomic E-state index is 0.296. The Morgan fingerprint density at radius 1 is 1.20 bits per heavy atom. The number of nitrogens with two attached hydrogens (primary N) is 1. The molecule has 0 heterocycles. The van der Waals surface area contributed by atoms with E-state index >= 15 is 0 Å². The van der Waals surface area contributed by atoms with Gasteiger partial charge in [-0.15, -0.1) is 0 Å². The maximum Gasteiger partial charge on any atom is 0.344 e. The fraction of sp³-hybridized carbons (Fsp3) is 0.875. The Bertz CT molecular complexity index is 383. The van der Waals surface area contributed by atoms with E-state index in [9.17, 15) is 13.9 Å². The number of nitrogens with one attached hydrogen (secondary N) is 1. The van der Waals surface area contributed by atoms with Gasteiger partial charge < -0.3 is 35.5 Å². The molecule has 0 fully saturated rings. The van der Waals surface area contributed by atoms with Gasteiger partial charge in [-0.1, -0.05) is 0 Å². The Balaban J connectivity index is 5.03. The van der Waals surface area contributed by atoms with Gasteiger partial charge in [0.15, 0.2) is 0 Å². The lowest BCUT2D eigenvalue weighted by Gasteiger charge is -2.27. The van der Waals surface area contributed by atoms with Gasteiger partial charge in [0.25, 0.3) is 0 Å². The first-order valence-electron chi connectivity index (χ1n) is 5.75. The van der Waals surface area contributed by atoms with E-state index in [0.717, 1.165) is 0 Å². The second-order valence-corrected chi connectivity index (χ2v) is 7.49. The number of hydrogen-bond donors (Lipinski definition) is 6. The van der Waals surface area contributed by atoms with Crippen LogP contribution < -0.4 is 11.1 Å². The van der Waals surface area contributed by atoms with Crippen LogP contribution in [0, 0.1) is 0 Å². The molecule has 0 radical (unpaired) electrons. The van der Waals surface area contributed by atoms with Crippen LogP contribution in [0.25, 0.3) is 0 Å². The third-order valence-corrected chi connectivity index (χ3v) is 3.78. The number of carbonyl (C=O) groups excluding carboxylic acids is 1. The Hall–Kier alpha value is -0.310. The maximum atomic E-state index is 12.1. The lowest BCUT2D eigenvalue weighted by atomic mass is 10.1. The van der Waals surface area contributed by atoms with E-state index in [0.29, 0.717) is 24.3 Å². The number of likely N-dealkylation sites (N-methyl/N-ethyl adjacent to an activating group) is 1. The number of nitrogens with zero attached hydrogens (tertiary/aromatic N) is 1. The zero-order valence-corrected chi connectivity index (χ0v) is 12.8. The summed E-state index contributed by atoms with van der Waals surface area (Å²) in [5.41, 5.74) is 5.31. The summed E-state index contributed by atoms with van der Waals surface area (Å²) in [6.45, 7) is 0.322. The van der Waals surface area contributed by atoms with Crippen molar-refractivity contribution in [2.45, 2.75) is 18.9 Å². The summed E-state index contributed by atoms with van der Waals surface area (Å²) in [6, 6.07) is -0.809. The minimum atomic E-state index is -4.63. The van der Waals surface area contributed by atoms with Crippen molar-refractivity contribution in [2.24, 2.45) is 5.73 Å². The SMILES string of the molecule is CN[C@@H](CCCN)C(=O)N(CP(=O)(O)O)CP(=O)(O)O. The first kappa shape index (κ1) is 19.7. The van der Waals surface area contributed by atoms with Crippen molar-refractivity contribution >= 4 is 21.1 Å². The average Bonchev–Trinajstić information content (AvgIpc) is 2.25. The topological polar surface area (TPSA) is 173 Å². The van der Waals surface area contributed by atoms with Crippen molar-refractivity contribution in [3.63, 3.8) is 0 Å². The van der Waals surface area contributed by atoms with Crippen molar-refractivity contribution in [2.75, 3.05) is 26.2 Å². The van der Waals surface area contributed by atoms with Gasteiger partial charge in [-0.3, -0.25) is 13.9 Å². The molecule has 12 heteroatoms. The third-order valence-electron chi connectivity index (χ3n) is 2.37. The van der Waals surface area contributed by atoms with E-state index in [4.69, 9.17) is 25.3 Å². The van der Waals surface area contributed by atoms with Crippen molar-refractivity contribution in [1.29, 1.82) is 0 Å². The fourth-order valence-corrected chi connectivity index (χ4v) is 3.09. The number of carbonyl (C=O) groups is 1. The second-order valence-electron chi connectivity index (χ2n) is 4.26. The zero-order valence-electron chi connectivity index (χ0n) is 11.0. The standard InChI is InChI=1S/C8H21N3O7P2/c1-10-7(3-2-4-9)8(12)11(5-19(13,14)15)6-20(16,17)18/h7,10H,2-6,9H2,1H3,(H2,13,14,15)(H2,16,17,18)/t7-/m0/s1. The molecule has 0 aliphatic heterocycles. The van der Waals surface area contributed by atoms with Gasteiger partial charge in [-0.25, -0.2) is 0 Å². The molecule has 0 aromatic rings. The van der Waals surface area contributed by atoms with Crippen LogP contribution in [0.15, 0.2) is 0 Å². The average molecular weight is 333 g/mol. The van der Waals surface area contributed by atoms with Crippen LogP contribution in [0.5, 0.6) is 0 Å². The van der Waals surface area contributed by atoms with Crippen LogP contribution in [0.4, 0.5) is 0 Å². The highest BCUT2D eigenvalue weighted by Crippen LogP contribution is 2.41. The van der Waals surface area contributed by atoms with Crippen molar-refractivity contribution in [3.05, 3.63) is 0 Å². The smallest absolute Gasteiger partial charge is 0.330 e. The molecule has 0 unspecified atom stereocenters. The van der Waals surface area contributed by atoms with Gasteiger partial charge in [0, 0.05) is 0 Å². The zero-order chi connectivity index (χ0) is 16.0. The van der Waals surface area contributed by atoms with Crippen LogP contribution >= 0.6 is 15.2 Å². The Morgan fingerprint density at radius 2 is 1.65 bits per heavy atom. The molecule has 10 nitrogen and oxygen atoms in total. The molecular weight excluding hydrogens is 312 g/mol. The molecule has 0 aromatic carbocycles. The third kappa shape index (κ3) is 8.78. The van der Waals surface area contributed by atoms with E-state index in [1.807, 2.05) is 0 Å². The van der Waals surface area contributed by atoms with Gasteiger partial charge in [-0.05, 0) is 26.4 Å². The molecule has 0 rings (SSSR count). The lowest BCUT2D eigenvalue weighted by molar-refractivity contribution is -0.132. The molecule has 1 amide bonds. The summed E-state index contributed by atoms with van der Waals surface area (Å²) in [6.07, 6.45) is -1.31. The van der Waals surface area contributed by atoms with E-state index in [-0.39, 0.29) is 0 Å². The van der Waals surface area contributed by atoms with Gasteiger partial charge in [0.05, 0.1) is 6.04 Å². The normalized spacial score (nSPS) is 14.1. The summed E-state index contributed by atoms with van der Waals surface area (Å²) in [5, 5.41) is 2.64. The quantitative estimate of drug-likeness (QED) is 0.272. The highest BCUT2D eigenvalue weighted by molar-refractivity contribution is 7.52. The van der Waals surface area contributed by atoms with Crippen LogP contribution in [0.3, 0.4) is 0 Å². The number of hydrogen-bond acceptors (Lipinski definition) is 5. The van der Waals surface area contributed by atoms with Gasteiger partial charge in [0.2, 0.25) is 5.91 Å². The number of amides is 1. The first-order valence-corrected chi connectivity index (χ1v) is 9.35. The van der Waals surface area contributed by atoms with Gasteiger partial charge >= 0.3 is 15.2 Å². The van der Waals surface area contributed by atoms with E-state index in [2.05, 4.69) is 5.32 Å². The Labute approximate surface area is 116 Å². The Morgan fingerprint density at radius 3 is 1.95 bits per heavy atom. The summed E-state index contributed by atoms with van der Waals surface area (Å²) in [4.78, 5) is 48.1. The van der Waals surface area contributed by atoms with Gasteiger partial charge in [-0.2, -0.15) is 0 Å². The molecule has 0 aliphatic rings. The molecule has 0 spiro atoms. The second kappa shape index (κ2) is 8.21. The predicted octanol–water partition coefficient (Wildman–Crippen LogP) is -1.59. The van der Waals surface area contributed by atoms with Crippen molar-refractivity contribution in [3.8, 4) is 0 Å². The van der Waals surface area contributed by atoms with E-state index in [1.54, 1.807) is 0 Å². The highest BCUT2D eigenvalue weighted by atomic mass is 31.2. The predicted molar refractivity (Wildman–Crippen MR) is 71.8 cm³/mol. The monoisotopic (exact) mass is 333 g/mol. The molecular formula is C8H21N3O7P2. The molecule has 120 valence electrons. The van der Waals surface area contributed by atoms with E-state index < -0.39 is 39.7 Å². The summed E-state index contributed by atoms with van der Waals surface area (Å²) >= 11 is 0. The largest absolute Gasteiger partial charge is 0.344 e. The first-order chi connectivity index (χ1) is 9.00. The van der Waals surface area contributed by atoms with Crippen molar-refractivity contribution in [1.82, 2.24) is 10.2 Å². The molecule has 0 aliphatic carbocycles.